The Bertz CT molecular complexity index is 1180. The van der Waals surface area contributed by atoms with Gasteiger partial charge in [-0.25, -0.2) is 0 Å². The van der Waals surface area contributed by atoms with E-state index in [1.807, 2.05) is 0 Å². The molecule has 4 aliphatic heterocycles. The van der Waals surface area contributed by atoms with Crippen LogP contribution in [-0.4, -0.2) is 87.7 Å². The zero-order valence-corrected chi connectivity index (χ0v) is 40.5. The second-order valence-electron chi connectivity index (χ2n) is 24.8. The van der Waals surface area contributed by atoms with Crippen molar-refractivity contribution in [1.82, 2.24) is 21.3 Å². The molecule has 336 valence electrons. The van der Waals surface area contributed by atoms with Crippen LogP contribution in [0.3, 0.4) is 0 Å². The first kappa shape index (κ1) is 49.3. The summed E-state index contributed by atoms with van der Waals surface area (Å²) >= 11 is 0. The Balaban J connectivity index is 1.47. The molecule has 0 aromatic carbocycles. The van der Waals surface area contributed by atoms with Crippen molar-refractivity contribution in [3.8, 4) is 0 Å². The molecule has 4 heterocycles. The lowest BCUT2D eigenvalue weighted by Crippen LogP contribution is -2.52. The van der Waals surface area contributed by atoms with Crippen molar-refractivity contribution >= 4 is 0 Å². The molecule has 57 heavy (non-hydrogen) atoms. The summed E-state index contributed by atoms with van der Waals surface area (Å²) in [6.45, 7) is 38.3. The Labute approximate surface area is 353 Å². The number of rotatable bonds is 16. The van der Waals surface area contributed by atoms with Gasteiger partial charge in [-0.05, 0) is 201 Å². The van der Waals surface area contributed by atoms with Gasteiger partial charge in [-0.2, -0.15) is 0 Å². The van der Waals surface area contributed by atoms with E-state index in [1.165, 1.54) is 19.3 Å². The monoisotopic (exact) mass is 805 g/mol. The van der Waals surface area contributed by atoms with Crippen LogP contribution >= 0.6 is 0 Å². The highest BCUT2D eigenvalue weighted by molar-refractivity contribution is 4.98. The van der Waals surface area contributed by atoms with E-state index in [0.717, 1.165) is 103 Å². The predicted molar refractivity (Wildman–Crippen MR) is 240 cm³/mol. The molecule has 4 aliphatic rings. The molecular formula is C49H96N4O4. The van der Waals surface area contributed by atoms with Gasteiger partial charge in [0.1, 0.15) is 6.10 Å². The third kappa shape index (κ3) is 17.9. The molecule has 0 aliphatic carbocycles. The first-order valence-corrected chi connectivity index (χ1v) is 23.8. The highest BCUT2D eigenvalue weighted by Gasteiger charge is 2.42. The lowest BCUT2D eigenvalue weighted by Gasteiger charge is -2.39. The first-order chi connectivity index (χ1) is 26.0. The van der Waals surface area contributed by atoms with Crippen molar-refractivity contribution in [3.63, 3.8) is 0 Å². The second kappa shape index (κ2) is 19.4. The molecule has 8 nitrogen and oxygen atoms in total. The fraction of sp³-hybridized carbons (Fsp3) is 1.00. The highest BCUT2D eigenvalue weighted by Crippen LogP contribution is 2.36. The summed E-state index contributed by atoms with van der Waals surface area (Å²) in [6, 6.07) is 0. The van der Waals surface area contributed by atoms with Gasteiger partial charge in [0.05, 0.1) is 24.4 Å². The highest BCUT2D eigenvalue weighted by atomic mass is 16.7. The van der Waals surface area contributed by atoms with Crippen LogP contribution in [0.2, 0.25) is 0 Å². The Morgan fingerprint density at radius 3 is 1.11 bits per heavy atom. The summed E-state index contributed by atoms with van der Waals surface area (Å²) < 4.78 is 28.6. The van der Waals surface area contributed by atoms with Gasteiger partial charge in [-0.3, -0.25) is 0 Å². The molecule has 0 bridgehead atoms. The number of ether oxygens (including phenoxy) is 4. The van der Waals surface area contributed by atoms with Crippen molar-refractivity contribution in [2.45, 2.75) is 307 Å². The number of hydrogen-bond donors (Lipinski definition) is 4. The molecule has 0 spiro atoms. The number of hydrogen-bond acceptors (Lipinski definition) is 8. The molecule has 0 radical (unpaired) electrons. The molecule has 8 heteroatoms. The second-order valence-corrected chi connectivity index (χ2v) is 24.8. The molecule has 4 rings (SSSR count). The van der Waals surface area contributed by atoms with Gasteiger partial charge in [-0.1, -0.05) is 25.7 Å². The van der Waals surface area contributed by atoms with Crippen molar-refractivity contribution in [3.05, 3.63) is 0 Å². The normalized spacial score (nSPS) is 32.8. The Morgan fingerprint density at radius 1 is 0.386 bits per heavy atom. The Hall–Kier alpha value is -0.320. The summed E-state index contributed by atoms with van der Waals surface area (Å²) in [5.41, 5.74) is 0.392. The van der Waals surface area contributed by atoms with Gasteiger partial charge in [-0.15, -0.1) is 0 Å². The third-order valence-corrected chi connectivity index (χ3v) is 13.3. The molecule has 0 saturated carbocycles. The minimum absolute atomic E-state index is 0.0150. The average molecular weight is 805 g/mol. The van der Waals surface area contributed by atoms with Gasteiger partial charge in [0, 0.05) is 50.9 Å². The predicted octanol–water partition coefficient (Wildman–Crippen LogP) is 10.9. The van der Waals surface area contributed by atoms with Crippen LogP contribution < -0.4 is 21.3 Å². The molecule has 0 amide bonds. The molecule has 4 fully saturated rings. The van der Waals surface area contributed by atoms with Crippen LogP contribution in [0.4, 0.5) is 0 Å². The summed E-state index contributed by atoms with van der Waals surface area (Å²) in [5.74, 6) is 0. The van der Waals surface area contributed by atoms with E-state index in [4.69, 9.17) is 18.9 Å². The maximum absolute atomic E-state index is 7.40. The van der Waals surface area contributed by atoms with Gasteiger partial charge < -0.3 is 40.2 Å². The van der Waals surface area contributed by atoms with E-state index in [1.54, 1.807) is 0 Å². The van der Waals surface area contributed by atoms with Gasteiger partial charge in [0.15, 0.2) is 6.29 Å². The minimum Gasteiger partial charge on any atom is -0.378 e. The van der Waals surface area contributed by atoms with Gasteiger partial charge in [0.2, 0.25) is 0 Å². The van der Waals surface area contributed by atoms with Crippen molar-refractivity contribution in [2.75, 3.05) is 6.61 Å². The van der Waals surface area contributed by atoms with Gasteiger partial charge in [0.25, 0.3) is 0 Å². The standard InChI is InChI=1S/C49H96N4O4/c1-42(2)27-23-36(32-46(9,10)50-42)54-31-21-19-17-18-20-22-40(55-37-24-28-43(3,4)51-47(11,12)33-37)41(56-38-25-29-44(5,6)52-48(13,14)34-38)57-39-26-30-45(7,8)53-49(15,16)35-39/h36-41,50-53H,17-35H2,1-16H3. The zero-order valence-electron chi connectivity index (χ0n) is 40.5. The van der Waals surface area contributed by atoms with Crippen LogP contribution in [-0.2, 0) is 18.9 Å². The fourth-order valence-electron chi connectivity index (χ4n) is 11.7. The molecular weight excluding hydrogens is 709 g/mol. The number of unbranched alkanes of at least 4 members (excludes halogenated alkanes) is 4. The minimum atomic E-state index is -0.405. The van der Waals surface area contributed by atoms with E-state index in [0.29, 0.717) is 6.10 Å². The average Bonchev–Trinajstić information content (AvgIpc) is 3.31. The quantitative estimate of drug-likeness (QED) is 0.0907. The number of nitrogens with one attached hydrogen (secondary N) is 4. The maximum atomic E-state index is 7.40. The lowest BCUT2D eigenvalue weighted by molar-refractivity contribution is -0.259. The summed E-state index contributed by atoms with van der Waals surface area (Å²) in [7, 11) is 0. The fourth-order valence-corrected chi connectivity index (χ4v) is 11.7. The molecule has 4 N–H and O–H groups in total. The van der Waals surface area contributed by atoms with E-state index in [9.17, 15) is 0 Å². The van der Waals surface area contributed by atoms with Crippen molar-refractivity contribution < 1.29 is 18.9 Å². The summed E-state index contributed by atoms with van der Waals surface area (Å²) in [5, 5.41) is 15.7. The van der Waals surface area contributed by atoms with Crippen molar-refractivity contribution in [1.29, 1.82) is 0 Å². The van der Waals surface area contributed by atoms with Gasteiger partial charge >= 0.3 is 0 Å². The van der Waals surface area contributed by atoms with Crippen molar-refractivity contribution in [2.24, 2.45) is 0 Å². The molecule has 0 aromatic rings. The lowest BCUT2D eigenvalue weighted by atomic mass is 9.95. The topological polar surface area (TPSA) is 85.0 Å². The van der Waals surface area contributed by atoms with Crippen LogP contribution in [0.5, 0.6) is 0 Å². The van der Waals surface area contributed by atoms with Crippen LogP contribution in [0.1, 0.15) is 226 Å². The summed E-state index contributed by atoms with van der Waals surface area (Å²) in [4.78, 5) is 0. The molecule has 4 saturated heterocycles. The Kier molecular flexibility index (Phi) is 16.8. The largest absolute Gasteiger partial charge is 0.378 e. The van der Waals surface area contributed by atoms with Crippen LogP contribution in [0.15, 0.2) is 0 Å². The van der Waals surface area contributed by atoms with E-state index >= 15 is 0 Å². The zero-order chi connectivity index (χ0) is 42.6. The maximum Gasteiger partial charge on any atom is 0.184 e. The molecule has 5 atom stereocenters. The Morgan fingerprint density at radius 2 is 0.702 bits per heavy atom. The van der Waals surface area contributed by atoms with E-state index in [2.05, 4.69) is 132 Å². The van der Waals surface area contributed by atoms with E-state index < -0.39 is 6.29 Å². The molecule has 5 unspecified atom stereocenters. The van der Waals surface area contributed by atoms with Crippen LogP contribution in [0.25, 0.3) is 0 Å². The first-order valence-electron chi connectivity index (χ1n) is 23.8. The molecule has 0 aromatic heterocycles. The van der Waals surface area contributed by atoms with Crippen LogP contribution in [0, 0.1) is 0 Å². The SMILES string of the molecule is CC1(C)CCC(OCCCCCCCC(OC2CCC(C)(C)NC(C)(C)C2)C(OC2CCC(C)(C)NC(C)(C)C2)OC2CCC(C)(C)NC(C)(C)C2)CC(C)(C)N1. The third-order valence-electron chi connectivity index (χ3n) is 13.3. The summed E-state index contributed by atoms with van der Waals surface area (Å²) in [6.07, 6.45) is 19.6. The smallest absolute Gasteiger partial charge is 0.184 e. The van der Waals surface area contributed by atoms with E-state index in [-0.39, 0.29) is 68.7 Å².